The van der Waals surface area contributed by atoms with E-state index in [-0.39, 0.29) is 12.0 Å². The number of hydrogen-bond donors (Lipinski definition) is 1. The van der Waals surface area contributed by atoms with E-state index in [2.05, 4.69) is 34.3 Å². The van der Waals surface area contributed by atoms with Gasteiger partial charge in [-0.25, -0.2) is 0 Å². The summed E-state index contributed by atoms with van der Waals surface area (Å²) in [5, 5.41) is 7.12. The molecule has 2 aromatic heterocycles. The fourth-order valence-corrected chi connectivity index (χ4v) is 1.48. The second-order valence-corrected chi connectivity index (χ2v) is 4.04. The highest BCUT2D eigenvalue weighted by atomic mass is 16.5. The molecule has 2 aromatic rings. The van der Waals surface area contributed by atoms with E-state index in [0.717, 1.165) is 5.69 Å². The minimum absolute atomic E-state index is 0.171. The highest BCUT2D eigenvalue weighted by molar-refractivity contribution is 5.47. The minimum atomic E-state index is 0.171. The van der Waals surface area contributed by atoms with E-state index >= 15 is 0 Å². The van der Waals surface area contributed by atoms with Gasteiger partial charge in [0.2, 0.25) is 11.7 Å². The molecular weight excluding hydrogens is 216 g/mol. The predicted octanol–water partition coefficient (Wildman–Crippen LogP) is 1.84. The SMILES string of the molecule is CNC(C)C(C)c1nc(-c2ccccn2)no1. The number of aromatic nitrogens is 3. The number of nitrogens with one attached hydrogen (secondary N) is 1. The molecule has 0 amide bonds. The van der Waals surface area contributed by atoms with Crippen molar-refractivity contribution in [1.82, 2.24) is 20.4 Å². The molecule has 0 fully saturated rings. The average Bonchev–Trinajstić information content (AvgIpc) is 2.87. The lowest BCUT2D eigenvalue weighted by molar-refractivity contribution is 0.336. The Balaban J connectivity index is 2.22. The molecule has 2 heterocycles. The number of pyridine rings is 1. The monoisotopic (exact) mass is 232 g/mol. The Hall–Kier alpha value is -1.75. The van der Waals surface area contributed by atoms with Gasteiger partial charge in [-0.15, -0.1) is 0 Å². The number of nitrogens with zero attached hydrogens (tertiary/aromatic N) is 3. The lowest BCUT2D eigenvalue weighted by atomic mass is 10.0. The average molecular weight is 232 g/mol. The normalized spacial score (nSPS) is 14.5. The van der Waals surface area contributed by atoms with Crippen LogP contribution in [0.5, 0.6) is 0 Å². The first-order chi connectivity index (χ1) is 8.22. The molecule has 0 bridgehead atoms. The predicted molar refractivity (Wildman–Crippen MR) is 64.5 cm³/mol. The molecule has 2 rings (SSSR count). The molecule has 2 atom stereocenters. The van der Waals surface area contributed by atoms with Crippen LogP contribution in [0.2, 0.25) is 0 Å². The molecule has 17 heavy (non-hydrogen) atoms. The molecule has 0 aliphatic heterocycles. The summed E-state index contributed by atoms with van der Waals surface area (Å²) < 4.78 is 5.26. The Bertz CT molecular complexity index is 468. The zero-order chi connectivity index (χ0) is 12.3. The summed E-state index contributed by atoms with van der Waals surface area (Å²) in [4.78, 5) is 8.56. The smallest absolute Gasteiger partial charge is 0.231 e. The minimum Gasteiger partial charge on any atom is -0.339 e. The third-order valence-corrected chi connectivity index (χ3v) is 2.93. The summed E-state index contributed by atoms with van der Waals surface area (Å²) in [6, 6.07) is 5.90. The summed E-state index contributed by atoms with van der Waals surface area (Å²) in [5.74, 6) is 1.34. The van der Waals surface area contributed by atoms with Gasteiger partial charge in [-0.05, 0) is 26.1 Å². The maximum absolute atomic E-state index is 5.26. The van der Waals surface area contributed by atoms with Crippen LogP contribution in [0.3, 0.4) is 0 Å². The van der Waals surface area contributed by atoms with Crippen molar-refractivity contribution >= 4 is 0 Å². The topological polar surface area (TPSA) is 63.8 Å². The Labute approximate surface area is 100 Å². The van der Waals surface area contributed by atoms with Crippen molar-refractivity contribution in [2.24, 2.45) is 0 Å². The van der Waals surface area contributed by atoms with Crippen molar-refractivity contribution in [2.45, 2.75) is 25.8 Å². The van der Waals surface area contributed by atoms with Crippen molar-refractivity contribution in [2.75, 3.05) is 7.05 Å². The molecule has 0 saturated heterocycles. The summed E-state index contributed by atoms with van der Waals surface area (Å²) in [7, 11) is 1.91. The van der Waals surface area contributed by atoms with Gasteiger partial charge in [-0.1, -0.05) is 18.1 Å². The quantitative estimate of drug-likeness (QED) is 0.871. The van der Waals surface area contributed by atoms with Gasteiger partial charge in [-0.3, -0.25) is 4.98 Å². The number of likely N-dealkylation sites (N-methyl/N-ethyl adjacent to an activating group) is 1. The highest BCUT2D eigenvalue weighted by Crippen LogP contribution is 2.20. The van der Waals surface area contributed by atoms with Crippen LogP contribution in [0, 0.1) is 0 Å². The Kier molecular flexibility index (Phi) is 3.49. The highest BCUT2D eigenvalue weighted by Gasteiger charge is 2.20. The maximum Gasteiger partial charge on any atom is 0.231 e. The van der Waals surface area contributed by atoms with E-state index in [1.807, 2.05) is 25.2 Å². The fourth-order valence-electron chi connectivity index (χ4n) is 1.48. The van der Waals surface area contributed by atoms with Gasteiger partial charge in [-0.2, -0.15) is 4.98 Å². The molecule has 0 spiro atoms. The van der Waals surface area contributed by atoms with Crippen molar-refractivity contribution in [1.29, 1.82) is 0 Å². The van der Waals surface area contributed by atoms with Gasteiger partial charge in [0.15, 0.2) is 0 Å². The maximum atomic E-state index is 5.26. The van der Waals surface area contributed by atoms with Crippen LogP contribution >= 0.6 is 0 Å². The molecule has 0 aliphatic carbocycles. The zero-order valence-electron chi connectivity index (χ0n) is 10.2. The van der Waals surface area contributed by atoms with E-state index in [1.54, 1.807) is 6.20 Å². The van der Waals surface area contributed by atoms with Crippen molar-refractivity contribution < 1.29 is 4.52 Å². The first-order valence-corrected chi connectivity index (χ1v) is 5.64. The number of rotatable bonds is 4. The van der Waals surface area contributed by atoms with Crippen molar-refractivity contribution in [3.63, 3.8) is 0 Å². The van der Waals surface area contributed by atoms with E-state index < -0.39 is 0 Å². The van der Waals surface area contributed by atoms with Gasteiger partial charge < -0.3 is 9.84 Å². The largest absolute Gasteiger partial charge is 0.339 e. The second kappa shape index (κ2) is 5.05. The van der Waals surface area contributed by atoms with E-state index in [4.69, 9.17) is 4.52 Å². The van der Waals surface area contributed by atoms with E-state index in [9.17, 15) is 0 Å². The molecule has 0 aliphatic rings. The summed E-state index contributed by atoms with van der Waals surface area (Å²) in [6.45, 7) is 4.13. The Morgan fingerprint density at radius 3 is 2.76 bits per heavy atom. The molecule has 0 aromatic carbocycles. The van der Waals surface area contributed by atoms with Gasteiger partial charge in [0.05, 0.1) is 5.92 Å². The molecule has 90 valence electrons. The first kappa shape index (κ1) is 11.7. The van der Waals surface area contributed by atoms with Gasteiger partial charge in [0.1, 0.15) is 5.69 Å². The Morgan fingerprint density at radius 1 is 1.29 bits per heavy atom. The van der Waals surface area contributed by atoms with Crippen LogP contribution in [0.1, 0.15) is 25.7 Å². The Morgan fingerprint density at radius 2 is 2.12 bits per heavy atom. The number of hydrogen-bond acceptors (Lipinski definition) is 5. The van der Waals surface area contributed by atoms with Gasteiger partial charge in [0, 0.05) is 12.2 Å². The van der Waals surface area contributed by atoms with E-state index in [1.165, 1.54) is 0 Å². The molecule has 0 saturated carbocycles. The fraction of sp³-hybridized carbons (Fsp3) is 0.417. The van der Waals surface area contributed by atoms with Crippen LogP contribution < -0.4 is 5.32 Å². The van der Waals surface area contributed by atoms with Crippen LogP contribution in [0.15, 0.2) is 28.9 Å². The molecular formula is C12H16N4O. The summed E-state index contributed by atoms with van der Waals surface area (Å²) >= 11 is 0. The summed E-state index contributed by atoms with van der Waals surface area (Å²) in [6.07, 6.45) is 1.71. The molecule has 2 unspecified atom stereocenters. The van der Waals surface area contributed by atoms with Gasteiger partial charge >= 0.3 is 0 Å². The van der Waals surface area contributed by atoms with Crippen LogP contribution in [-0.2, 0) is 0 Å². The standard InChI is InChI=1S/C12H16N4O/c1-8(9(2)13-3)12-15-11(16-17-12)10-6-4-5-7-14-10/h4-9,13H,1-3H3. The molecule has 1 N–H and O–H groups in total. The second-order valence-electron chi connectivity index (χ2n) is 4.04. The third-order valence-electron chi connectivity index (χ3n) is 2.93. The van der Waals surface area contributed by atoms with E-state index in [0.29, 0.717) is 11.7 Å². The van der Waals surface area contributed by atoms with Gasteiger partial charge in [0.25, 0.3) is 0 Å². The molecule has 5 heteroatoms. The third kappa shape index (κ3) is 2.50. The zero-order valence-corrected chi connectivity index (χ0v) is 10.2. The van der Waals surface area contributed by atoms with Crippen molar-refractivity contribution in [3.05, 3.63) is 30.3 Å². The molecule has 0 radical (unpaired) electrons. The van der Waals surface area contributed by atoms with Crippen molar-refractivity contribution in [3.8, 4) is 11.5 Å². The van der Waals surface area contributed by atoms with Crippen LogP contribution in [-0.4, -0.2) is 28.2 Å². The summed E-state index contributed by atoms with van der Waals surface area (Å²) in [5.41, 5.74) is 0.729. The first-order valence-electron chi connectivity index (χ1n) is 5.64. The van der Waals surface area contributed by atoms with Crippen LogP contribution in [0.4, 0.5) is 0 Å². The van der Waals surface area contributed by atoms with Crippen LogP contribution in [0.25, 0.3) is 11.5 Å². The molecule has 5 nitrogen and oxygen atoms in total. The lowest BCUT2D eigenvalue weighted by Gasteiger charge is -2.14. The lowest BCUT2D eigenvalue weighted by Crippen LogP contribution is -2.27.